The third kappa shape index (κ3) is 3.49. The van der Waals surface area contributed by atoms with Crippen molar-refractivity contribution in [1.82, 2.24) is 5.32 Å². The van der Waals surface area contributed by atoms with E-state index in [9.17, 15) is 0 Å². The van der Waals surface area contributed by atoms with Gasteiger partial charge in [0.05, 0.1) is 4.32 Å². The number of rotatable bonds is 4. The molecule has 0 bridgehead atoms. The summed E-state index contributed by atoms with van der Waals surface area (Å²) in [5.74, 6) is 0.615. The molecule has 0 spiro atoms. The van der Waals surface area contributed by atoms with Crippen LogP contribution in [0.15, 0.2) is 11.0 Å². The molecule has 5 atom stereocenters. The number of allylic oxidation sites excluding steroid dienone is 2. The number of nitrogens with one attached hydrogen (secondary N) is 1. The maximum Gasteiger partial charge on any atom is 0.0533 e. The molecule has 17 heavy (non-hydrogen) atoms. The number of thioether (sulfide) groups is 1. The molecule has 100 valence electrons. The Balaban J connectivity index is 2.88. The van der Waals surface area contributed by atoms with Crippen molar-refractivity contribution in [1.29, 1.82) is 0 Å². The summed E-state index contributed by atoms with van der Waals surface area (Å²) in [7, 11) is 2.04. The molecule has 0 saturated carbocycles. The Morgan fingerprint density at radius 2 is 2.24 bits per heavy atom. The van der Waals surface area contributed by atoms with Crippen molar-refractivity contribution in [2.24, 2.45) is 11.7 Å². The van der Waals surface area contributed by atoms with Gasteiger partial charge >= 0.3 is 0 Å². The smallest absolute Gasteiger partial charge is 0.0533 e. The molecule has 0 saturated heterocycles. The summed E-state index contributed by atoms with van der Waals surface area (Å²) in [6.07, 6.45) is 3.49. The van der Waals surface area contributed by atoms with Crippen LogP contribution in [0.5, 0.6) is 0 Å². The lowest BCUT2D eigenvalue weighted by atomic mass is 9.81. The Morgan fingerprint density at radius 1 is 1.65 bits per heavy atom. The molecule has 0 radical (unpaired) electrons. The summed E-state index contributed by atoms with van der Waals surface area (Å²) in [6, 6.07) is 0.499. The first-order valence-corrected chi connectivity index (χ1v) is 7.93. The molecular weight excluding hydrogens is 296 g/mol. The highest BCUT2D eigenvalue weighted by molar-refractivity contribution is 9.10. The van der Waals surface area contributed by atoms with Crippen LogP contribution in [0.4, 0.5) is 0 Å². The molecular formula is C13H25BrN2S. The van der Waals surface area contributed by atoms with E-state index in [-0.39, 0.29) is 10.4 Å². The van der Waals surface area contributed by atoms with Crippen molar-refractivity contribution in [2.75, 3.05) is 7.05 Å². The van der Waals surface area contributed by atoms with Gasteiger partial charge in [0.1, 0.15) is 0 Å². The van der Waals surface area contributed by atoms with E-state index in [0.717, 1.165) is 6.42 Å². The summed E-state index contributed by atoms with van der Waals surface area (Å²) in [4.78, 5) is 1.45. The van der Waals surface area contributed by atoms with E-state index < -0.39 is 0 Å². The zero-order chi connectivity index (χ0) is 13.2. The van der Waals surface area contributed by atoms with Crippen LogP contribution in [0.2, 0.25) is 0 Å². The summed E-state index contributed by atoms with van der Waals surface area (Å²) in [6.45, 7) is 8.79. The van der Waals surface area contributed by atoms with E-state index in [4.69, 9.17) is 5.73 Å². The highest BCUT2D eigenvalue weighted by Gasteiger charge is 2.41. The van der Waals surface area contributed by atoms with Crippen molar-refractivity contribution in [3.63, 3.8) is 0 Å². The SMILES string of the molecule is CN[C@H]([C@H]1CC=C(C)S[C@H]1C)[C@@](C)(Br)[C@H](C)N. The molecule has 0 aromatic heterocycles. The van der Waals surface area contributed by atoms with Gasteiger partial charge in [0.2, 0.25) is 0 Å². The molecule has 0 aliphatic carbocycles. The van der Waals surface area contributed by atoms with E-state index >= 15 is 0 Å². The number of alkyl halides is 1. The molecule has 0 aromatic carbocycles. The Hall–Kier alpha value is 0.490. The third-order valence-electron chi connectivity index (χ3n) is 3.89. The lowest BCUT2D eigenvalue weighted by Gasteiger charge is -2.43. The predicted molar refractivity (Wildman–Crippen MR) is 82.7 cm³/mol. The van der Waals surface area contributed by atoms with Crippen LogP contribution < -0.4 is 11.1 Å². The minimum Gasteiger partial charge on any atom is -0.327 e. The van der Waals surface area contributed by atoms with Gasteiger partial charge in [-0.25, -0.2) is 0 Å². The standard InChI is InChI=1S/C13H25BrN2S/c1-8-6-7-11(9(2)17-8)12(16-5)13(4,14)10(3)15/h6,9-12,16H,7,15H2,1-5H3/t9-,10-,11-,12+,13-/m0/s1. The van der Waals surface area contributed by atoms with Crippen LogP contribution in [0, 0.1) is 5.92 Å². The summed E-state index contributed by atoms with van der Waals surface area (Å²) in [5, 5.41) is 4.10. The fourth-order valence-corrected chi connectivity index (χ4v) is 4.32. The molecule has 0 fully saturated rings. The molecule has 0 amide bonds. The van der Waals surface area contributed by atoms with Gasteiger partial charge in [-0.2, -0.15) is 0 Å². The van der Waals surface area contributed by atoms with Gasteiger partial charge in [-0.05, 0) is 45.1 Å². The predicted octanol–water partition coefficient (Wildman–Crippen LogP) is 3.12. The quantitative estimate of drug-likeness (QED) is 0.782. The topological polar surface area (TPSA) is 38.0 Å². The van der Waals surface area contributed by atoms with Gasteiger partial charge in [0.15, 0.2) is 0 Å². The Kier molecular flexibility index (Phi) is 5.57. The van der Waals surface area contributed by atoms with E-state index in [0.29, 0.717) is 17.2 Å². The fourth-order valence-electron chi connectivity index (χ4n) is 2.53. The second kappa shape index (κ2) is 6.09. The highest BCUT2D eigenvalue weighted by Crippen LogP contribution is 2.41. The van der Waals surface area contributed by atoms with Crippen LogP contribution >= 0.6 is 27.7 Å². The van der Waals surface area contributed by atoms with Gasteiger partial charge in [-0.15, -0.1) is 11.8 Å². The zero-order valence-corrected chi connectivity index (χ0v) is 13.9. The molecule has 1 heterocycles. The minimum atomic E-state index is -0.0691. The van der Waals surface area contributed by atoms with Crippen molar-refractivity contribution in [3.05, 3.63) is 11.0 Å². The average Bonchev–Trinajstić information content (AvgIpc) is 2.21. The second-order valence-electron chi connectivity index (χ2n) is 5.24. The molecule has 0 aromatic rings. The molecule has 2 nitrogen and oxygen atoms in total. The van der Waals surface area contributed by atoms with Gasteiger partial charge in [-0.3, -0.25) is 0 Å². The first-order chi connectivity index (χ1) is 7.80. The molecule has 1 aliphatic rings. The largest absolute Gasteiger partial charge is 0.327 e. The minimum absolute atomic E-state index is 0.0691. The van der Waals surface area contributed by atoms with Crippen molar-refractivity contribution in [3.8, 4) is 0 Å². The highest BCUT2D eigenvalue weighted by atomic mass is 79.9. The average molecular weight is 321 g/mol. The van der Waals surface area contributed by atoms with Crippen molar-refractivity contribution < 1.29 is 0 Å². The van der Waals surface area contributed by atoms with Crippen LogP contribution in [-0.4, -0.2) is 28.7 Å². The van der Waals surface area contributed by atoms with Gasteiger partial charge < -0.3 is 11.1 Å². The van der Waals surface area contributed by atoms with E-state index in [1.807, 2.05) is 18.8 Å². The zero-order valence-electron chi connectivity index (χ0n) is 11.5. The number of hydrogen-bond donors (Lipinski definition) is 2. The summed E-state index contributed by atoms with van der Waals surface area (Å²) in [5.41, 5.74) is 6.12. The summed E-state index contributed by atoms with van der Waals surface area (Å²) < 4.78 is -0.0691. The van der Waals surface area contributed by atoms with Crippen LogP contribution in [0.25, 0.3) is 0 Å². The third-order valence-corrected chi connectivity index (χ3v) is 6.37. The number of halogens is 1. The molecule has 1 rings (SSSR count). The lowest BCUT2D eigenvalue weighted by Crippen LogP contribution is -2.58. The first-order valence-electron chi connectivity index (χ1n) is 6.25. The van der Waals surface area contributed by atoms with Crippen LogP contribution in [0.3, 0.4) is 0 Å². The maximum atomic E-state index is 6.12. The Morgan fingerprint density at radius 3 is 2.65 bits per heavy atom. The Bertz CT molecular complexity index is 289. The maximum absolute atomic E-state index is 6.12. The summed E-state index contributed by atoms with van der Waals surface area (Å²) >= 11 is 5.81. The molecule has 1 aliphatic heterocycles. The van der Waals surface area contributed by atoms with Crippen molar-refractivity contribution in [2.45, 2.75) is 55.8 Å². The van der Waals surface area contributed by atoms with Gasteiger partial charge in [0, 0.05) is 17.3 Å². The number of hydrogen-bond acceptors (Lipinski definition) is 3. The monoisotopic (exact) mass is 320 g/mol. The number of nitrogens with two attached hydrogens (primary N) is 1. The molecule has 4 heteroatoms. The lowest BCUT2D eigenvalue weighted by molar-refractivity contribution is 0.289. The van der Waals surface area contributed by atoms with Crippen molar-refractivity contribution >= 4 is 27.7 Å². The first kappa shape index (κ1) is 15.5. The van der Waals surface area contributed by atoms with E-state index in [2.05, 4.69) is 55.0 Å². The molecule has 0 unspecified atom stereocenters. The van der Waals surface area contributed by atoms with Crippen LogP contribution in [0.1, 0.15) is 34.1 Å². The van der Waals surface area contributed by atoms with Gasteiger partial charge in [-0.1, -0.05) is 28.9 Å². The molecule has 3 N–H and O–H groups in total. The van der Waals surface area contributed by atoms with E-state index in [1.165, 1.54) is 4.91 Å². The van der Waals surface area contributed by atoms with E-state index in [1.54, 1.807) is 0 Å². The van der Waals surface area contributed by atoms with Crippen LogP contribution in [-0.2, 0) is 0 Å². The van der Waals surface area contributed by atoms with Gasteiger partial charge in [0.25, 0.3) is 0 Å². The normalized spacial score (nSPS) is 32.5. The second-order valence-corrected chi connectivity index (χ2v) is 8.58. The fraction of sp³-hybridized carbons (Fsp3) is 0.846. The Labute approximate surface area is 118 Å².